The second-order valence-electron chi connectivity index (χ2n) is 6.93. The summed E-state index contributed by atoms with van der Waals surface area (Å²) in [4.78, 5) is 27.8. The number of aromatic nitrogens is 5. The second-order valence-corrected chi connectivity index (χ2v) is 6.93. The van der Waals surface area contributed by atoms with Crippen LogP contribution in [0.3, 0.4) is 0 Å². The predicted octanol–water partition coefficient (Wildman–Crippen LogP) is 0.758. The van der Waals surface area contributed by atoms with E-state index >= 15 is 0 Å². The van der Waals surface area contributed by atoms with Gasteiger partial charge in [-0.25, -0.2) is 9.07 Å². The van der Waals surface area contributed by atoms with E-state index in [0.29, 0.717) is 12.1 Å². The fourth-order valence-corrected chi connectivity index (χ4v) is 3.34. The second kappa shape index (κ2) is 7.45. The van der Waals surface area contributed by atoms with Crippen molar-refractivity contribution < 1.29 is 14.0 Å². The number of alkyl halides is 1. The highest BCUT2D eigenvalue weighted by molar-refractivity contribution is 5.95. The summed E-state index contributed by atoms with van der Waals surface area (Å²) in [6.07, 6.45) is 2.19. The molecule has 2 amide bonds. The van der Waals surface area contributed by atoms with Crippen LogP contribution in [-0.4, -0.2) is 79.2 Å². The first-order valence-corrected chi connectivity index (χ1v) is 8.91. The molecule has 0 radical (unpaired) electrons. The van der Waals surface area contributed by atoms with Crippen molar-refractivity contribution in [3.05, 3.63) is 29.3 Å². The van der Waals surface area contributed by atoms with Crippen molar-refractivity contribution in [2.24, 2.45) is 0 Å². The summed E-state index contributed by atoms with van der Waals surface area (Å²) in [5.41, 5.74) is 1.47. The summed E-state index contributed by atoms with van der Waals surface area (Å²) in [7, 11) is 3.26. The smallest absolute Gasteiger partial charge is 0.275 e. The normalized spacial score (nSPS) is 19.5. The van der Waals surface area contributed by atoms with Crippen LogP contribution in [0.1, 0.15) is 39.9 Å². The highest BCUT2D eigenvalue weighted by Crippen LogP contribution is 2.25. The average molecular weight is 377 g/mol. The third kappa shape index (κ3) is 3.69. The lowest BCUT2D eigenvalue weighted by molar-refractivity contribution is 0.0713. The zero-order chi connectivity index (χ0) is 19.7. The van der Waals surface area contributed by atoms with Crippen molar-refractivity contribution in [1.82, 2.24) is 34.6 Å². The van der Waals surface area contributed by atoms with Gasteiger partial charge in [0.15, 0.2) is 5.69 Å². The maximum atomic E-state index is 14.1. The van der Waals surface area contributed by atoms with Gasteiger partial charge in [0.1, 0.15) is 6.17 Å². The molecule has 1 aliphatic rings. The summed E-state index contributed by atoms with van der Waals surface area (Å²) in [6, 6.07) is -0.360. The molecule has 0 N–H and O–H groups in total. The summed E-state index contributed by atoms with van der Waals surface area (Å²) < 4.78 is 17.3. The minimum Gasteiger partial charge on any atom is -0.343 e. The molecule has 0 unspecified atom stereocenters. The van der Waals surface area contributed by atoms with Crippen molar-refractivity contribution in [3.8, 4) is 0 Å². The quantitative estimate of drug-likeness (QED) is 0.767. The van der Waals surface area contributed by atoms with Gasteiger partial charge in [0, 0.05) is 32.8 Å². The van der Waals surface area contributed by atoms with Crippen molar-refractivity contribution in [2.75, 3.05) is 20.6 Å². The SMILES string of the molecule is CCn1ncc(C(=O)N2C[C@@H](F)C[C@H]2Cn2cc(C(=O)N(C)C)nn2)c1C. The largest absolute Gasteiger partial charge is 0.343 e. The van der Waals surface area contributed by atoms with Gasteiger partial charge in [0.05, 0.1) is 37.1 Å². The number of carbonyl (C=O) groups excluding carboxylic acids is 2. The molecule has 0 aliphatic carbocycles. The molecular formula is C17H24FN7O2. The van der Waals surface area contributed by atoms with Gasteiger partial charge in [-0.2, -0.15) is 5.10 Å². The van der Waals surface area contributed by atoms with E-state index in [2.05, 4.69) is 15.4 Å². The van der Waals surface area contributed by atoms with Crippen molar-refractivity contribution >= 4 is 11.8 Å². The summed E-state index contributed by atoms with van der Waals surface area (Å²) in [5.74, 6) is -0.492. The Labute approximate surface area is 156 Å². The van der Waals surface area contributed by atoms with E-state index in [-0.39, 0.29) is 43.1 Å². The molecule has 0 saturated carbocycles. The number of amides is 2. The molecule has 0 spiro atoms. The number of likely N-dealkylation sites (tertiary alicyclic amines) is 1. The van der Waals surface area contributed by atoms with E-state index in [0.717, 1.165) is 5.69 Å². The third-order valence-corrected chi connectivity index (χ3v) is 4.82. The van der Waals surface area contributed by atoms with E-state index in [1.165, 1.54) is 26.9 Å². The minimum absolute atomic E-state index is 0.0401. The van der Waals surface area contributed by atoms with Gasteiger partial charge in [-0.15, -0.1) is 5.10 Å². The highest BCUT2D eigenvalue weighted by Gasteiger charge is 2.37. The molecule has 3 rings (SSSR count). The lowest BCUT2D eigenvalue weighted by Crippen LogP contribution is -2.38. The fourth-order valence-electron chi connectivity index (χ4n) is 3.34. The molecule has 3 heterocycles. The first-order valence-electron chi connectivity index (χ1n) is 8.91. The molecule has 146 valence electrons. The van der Waals surface area contributed by atoms with Crippen molar-refractivity contribution in [2.45, 2.75) is 45.6 Å². The molecule has 1 fully saturated rings. The van der Waals surface area contributed by atoms with Crippen LogP contribution in [0.4, 0.5) is 4.39 Å². The lowest BCUT2D eigenvalue weighted by Gasteiger charge is -2.24. The van der Waals surface area contributed by atoms with Gasteiger partial charge in [-0.1, -0.05) is 5.21 Å². The first kappa shape index (κ1) is 19.0. The Morgan fingerprint density at radius 1 is 1.37 bits per heavy atom. The van der Waals surface area contributed by atoms with Crippen LogP contribution in [0, 0.1) is 6.92 Å². The molecule has 9 nitrogen and oxygen atoms in total. The summed E-state index contributed by atoms with van der Waals surface area (Å²) in [5, 5.41) is 12.0. The van der Waals surface area contributed by atoms with Gasteiger partial charge >= 0.3 is 0 Å². The van der Waals surface area contributed by atoms with E-state index in [4.69, 9.17) is 0 Å². The molecule has 10 heteroatoms. The van der Waals surface area contributed by atoms with Crippen LogP contribution in [-0.2, 0) is 13.1 Å². The van der Waals surface area contributed by atoms with Crippen LogP contribution in [0.15, 0.2) is 12.4 Å². The Balaban J connectivity index is 1.77. The van der Waals surface area contributed by atoms with Crippen LogP contribution < -0.4 is 0 Å². The summed E-state index contributed by atoms with van der Waals surface area (Å²) >= 11 is 0. The highest BCUT2D eigenvalue weighted by atomic mass is 19.1. The van der Waals surface area contributed by atoms with E-state index in [1.807, 2.05) is 13.8 Å². The number of carbonyl (C=O) groups is 2. The number of hydrogen-bond acceptors (Lipinski definition) is 5. The zero-order valence-corrected chi connectivity index (χ0v) is 16.0. The Morgan fingerprint density at radius 3 is 2.74 bits per heavy atom. The first-order chi connectivity index (χ1) is 12.8. The zero-order valence-electron chi connectivity index (χ0n) is 16.0. The van der Waals surface area contributed by atoms with Crippen molar-refractivity contribution in [3.63, 3.8) is 0 Å². The van der Waals surface area contributed by atoms with Gasteiger partial charge in [0.25, 0.3) is 11.8 Å². The van der Waals surface area contributed by atoms with Crippen LogP contribution in [0.2, 0.25) is 0 Å². The maximum Gasteiger partial charge on any atom is 0.275 e. The molecule has 1 saturated heterocycles. The lowest BCUT2D eigenvalue weighted by atomic mass is 10.2. The molecule has 0 aromatic carbocycles. The van der Waals surface area contributed by atoms with E-state index < -0.39 is 6.17 Å². The van der Waals surface area contributed by atoms with E-state index in [1.54, 1.807) is 18.8 Å². The fraction of sp³-hybridized carbons (Fsp3) is 0.588. The number of halogens is 1. The number of hydrogen-bond donors (Lipinski definition) is 0. The molecule has 2 aromatic heterocycles. The number of rotatable bonds is 5. The third-order valence-electron chi connectivity index (χ3n) is 4.82. The van der Waals surface area contributed by atoms with Crippen LogP contribution in [0.25, 0.3) is 0 Å². The molecular weight excluding hydrogens is 353 g/mol. The maximum absolute atomic E-state index is 14.1. The molecule has 0 bridgehead atoms. The Kier molecular flexibility index (Phi) is 5.24. The molecule has 2 aromatic rings. The monoisotopic (exact) mass is 377 g/mol. The average Bonchev–Trinajstić information content (AvgIpc) is 3.33. The van der Waals surface area contributed by atoms with Crippen molar-refractivity contribution in [1.29, 1.82) is 0 Å². The Hall–Kier alpha value is -2.78. The molecule has 2 atom stereocenters. The topological polar surface area (TPSA) is 89.2 Å². The number of nitrogens with zero attached hydrogens (tertiary/aromatic N) is 7. The van der Waals surface area contributed by atoms with Gasteiger partial charge in [0.2, 0.25) is 0 Å². The Morgan fingerprint density at radius 2 is 2.11 bits per heavy atom. The predicted molar refractivity (Wildman–Crippen MR) is 95.0 cm³/mol. The Bertz CT molecular complexity index is 844. The van der Waals surface area contributed by atoms with Gasteiger partial charge in [-0.05, 0) is 13.8 Å². The van der Waals surface area contributed by atoms with E-state index in [9.17, 15) is 14.0 Å². The molecule has 1 aliphatic heterocycles. The number of aryl methyl sites for hydroxylation is 1. The van der Waals surface area contributed by atoms with Gasteiger partial charge in [-0.3, -0.25) is 14.3 Å². The molecule has 27 heavy (non-hydrogen) atoms. The standard InChI is InChI=1S/C17H24FN7O2/c1-5-25-11(2)14(7-19-25)16(26)24-8-12(18)6-13(24)9-23-10-15(20-21-23)17(27)22(3)4/h7,10,12-13H,5-6,8-9H2,1-4H3/t12-,13-/m0/s1. The summed E-state index contributed by atoms with van der Waals surface area (Å²) in [6.45, 7) is 4.76. The van der Waals surface area contributed by atoms with Crippen LogP contribution in [0.5, 0.6) is 0 Å². The van der Waals surface area contributed by atoms with Crippen LogP contribution >= 0.6 is 0 Å². The van der Waals surface area contributed by atoms with Gasteiger partial charge < -0.3 is 9.80 Å². The minimum atomic E-state index is -1.09.